The minimum absolute atomic E-state index is 0.323. The third-order valence-electron chi connectivity index (χ3n) is 4.80. The molecule has 1 aliphatic heterocycles. The van der Waals surface area contributed by atoms with Gasteiger partial charge in [0.25, 0.3) is 0 Å². The molecular weight excluding hydrogens is 376 g/mol. The number of carbonyl (C=O) groups excluding carboxylic acids is 1. The Morgan fingerprint density at radius 2 is 1.82 bits per heavy atom. The predicted molar refractivity (Wildman–Crippen MR) is 107 cm³/mol. The van der Waals surface area contributed by atoms with Crippen LogP contribution in [-0.4, -0.2) is 31.6 Å². The number of aromatic nitrogens is 1. The van der Waals surface area contributed by atoms with Crippen LogP contribution in [0.15, 0.2) is 59.0 Å². The summed E-state index contributed by atoms with van der Waals surface area (Å²) in [5, 5.41) is 0. The summed E-state index contributed by atoms with van der Waals surface area (Å²) in [6.07, 6.45) is 0.741. The van der Waals surface area contributed by atoms with E-state index in [9.17, 15) is 13.2 Å². The highest BCUT2D eigenvalue weighted by atomic mass is 32.2. The number of oxazole rings is 1. The molecule has 4 rings (SSSR count). The molecule has 2 aromatic carbocycles. The second-order valence-corrected chi connectivity index (χ2v) is 8.91. The fraction of sp³-hybridized carbons (Fsp3) is 0.238. The minimum Gasteiger partial charge on any atom is -0.441 e. The third kappa shape index (κ3) is 3.71. The first-order valence-electron chi connectivity index (χ1n) is 9.03. The van der Waals surface area contributed by atoms with Gasteiger partial charge in [0.15, 0.2) is 9.84 Å². The van der Waals surface area contributed by atoms with Crippen LogP contribution in [0.4, 0.5) is 5.69 Å². The smallest absolute Gasteiger partial charge is 0.242 e. The SMILES string of the molecule is Cc1oc(-c2ccccc2)nc1CS(=O)(=O)CC(=O)N1CCc2ccccc21. The highest BCUT2D eigenvalue weighted by Gasteiger charge is 2.29. The van der Waals surface area contributed by atoms with E-state index < -0.39 is 21.5 Å². The van der Waals surface area contributed by atoms with Gasteiger partial charge in [0, 0.05) is 17.8 Å². The summed E-state index contributed by atoms with van der Waals surface area (Å²) >= 11 is 0. The van der Waals surface area contributed by atoms with Crippen LogP contribution >= 0.6 is 0 Å². The first kappa shape index (κ1) is 18.4. The van der Waals surface area contributed by atoms with Gasteiger partial charge in [-0.3, -0.25) is 4.79 Å². The lowest BCUT2D eigenvalue weighted by molar-refractivity contribution is -0.116. The van der Waals surface area contributed by atoms with Gasteiger partial charge in [-0.2, -0.15) is 0 Å². The fourth-order valence-corrected chi connectivity index (χ4v) is 4.71. The lowest BCUT2D eigenvalue weighted by Crippen LogP contribution is -2.34. The zero-order valence-corrected chi connectivity index (χ0v) is 16.3. The quantitative estimate of drug-likeness (QED) is 0.662. The van der Waals surface area contributed by atoms with Crippen LogP contribution in [-0.2, 0) is 26.8 Å². The van der Waals surface area contributed by atoms with Crippen molar-refractivity contribution in [3.8, 4) is 11.5 Å². The summed E-state index contributed by atoms with van der Waals surface area (Å²) < 4.78 is 30.9. The molecule has 0 unspecified atom stereocenters. The summed E-state index contributed by atoms with van der Waals surface area (Å²) in [7, 11) is -3.68. The summed E-state index contributed by atoms with van der Waals surface area (Å²) in [4.78, 5) is 18.5. The van der Waals surface area contributed by atoms with Crippen LogP contribution in [0.25, 0.3) is 11.5 Å². The molecule has 2 heterocycles. The van der Waals surface area contributed by atoms with E-state index in [4.69, 9.17) is 4.42 Å². The molecule has 6 nitrogen and oxygen atoms in total. The van der Waals surface area contributed by atoms with Gasteiger partial charge < -0.3 is 9.32 Å². The van der Waals surface area contributed by atoms with Crippen molar-refractivity contribution in [3.05, 3.63) is 71.6 Å². The number of para-hydroxylation sites is 1. The number of benzene rings is 2. The van der Waals surface area contributed by atoms with E-state index in [1.165, 1.54) is 0 Å². The average Bonchev–Trinajstić information content (AvgIpc) is 3.26. The molecule has 0 fully saturated rings. The standard InChI is InChI=1S/C21H20N2O4S/c1-15-18(22-21(27-15)17-8-3-2-4-9-17)13-28(25,26)14-20(24)23-12-11-16-7-5-6-10-19(16)23/h2-10H,11-14H2,1H3. The molecule has 1 aromatic heterocycles. The number of hydrogen-bond acceptors (Lipinski definition) is 5. The van der Waals surface area contributed by atoms with E-state index in [-0.39, 0.29) is 5.75 Å². The lowest BCUT2D eigenvalue weighted by atomic mass is 10.2. The van der Waals surface area contributed by atoms with E-state index in [1.807, 2.05) is 54.6 Å². The Kier molecular flexibility index (Phi) is 4.77. The van der Waals surface area contributed by atoms with Crippen molar-refractivity contribution in [3.63, 3.8) is 0 Å². The molecule has 1 aliphatic rings. The first-order chi connectivity index (χ1) is 13.4. The number of anilines is 1. The van der Waals surface area contributed by atoms with Crippen LogP contribution in [0, 0.1) is 6.92 Å². The van der Waals surface area contributed by atoms with Crippen molar-refractivity contribution in [2.45, 2.75) is 19.1 Å². The molecule has 3 aromatic rings. The van der Waals surface area contributed by atoms with Crippen molar-refractivity contribution >= 4 is 21.4 Å². The van der Waals surface area contributed by atoms with E-state index in [0.29, 0.717) is 23.9 Å². The topological polar surface area (TPSA) is 80.5 Å². The maximum atomic E-state index is 12.6. The zero-order chi connectivity index (χ0) is 19.7. The van der Waals surface area contributed by atoms with E-state index in [2.05, 4.69) is 4.98 Å². The molecule has 0 atom stereocenters. The highest BCUT2D eigenvalue weighted by Crippen LogP contribution is 2.28. The molecule has 7 heteroatoms. The Labute approximate surface area is 163 Å². The molecule has 144 valence electrons. The number of rotatable bonds is 5. The van der Waals surface area contributed by atoms with Crippen molar-refractivity contribution in [1.29, 1.82) is 0 Å². The second kappa shape index (κ2) is 7.24. The van der Waals surface area contributed by atoms with Crippen LogP contribution in [0.3, 0.4) is 0 Å². The van der Waals surface area contributed by atoms with Gasteiger partial charge in [0.2, 0.25) is 11.8 Å². The van der Waals surface area contributed by atoms with Gasteiger partial charge in [0.1, 0.15) is 11.5 Å². The molecule has 0 bridgehead atoms. The van der Waals surface area contributed by atoms with Gasteiger partial charge in [0.05, 0.1) is 11.4 Å². The lowest BCUT2D eigenvalue weighted by Gasteiger charge is -2.17. The third-order valence-corrected chi connectivity index (χ3v) is 6.20. The summed E-state index contributed by atoms with van der Waals surface area (Å²) in [5.41, 5.74) is 2.98. The number of sulfone groups is 1. The molecule has 0 aliphatic carbocycles. The van der Waals surface area contributed by atoms with Crippen LogP contribution in [0.2, 0.25) is 0 Å². The Morgan fingerprint density at radius 3 is 2.61 bits per heavy atom. The zero-order valence-electron chi connectivity index (χ0n) is 15.5. The van der Waals surface area contributed by atoms with Crippen molar-refractivity contribution < 1.29 is 17.6 Å². The molecule has 0 spiro atoms. The largest absolute Gasteiger partial charge is 0.441 e. The number of carbonyl (C=O) groups is 1. The highest BCUT2D eigenvalue weighted by molar-refractivity contribution is 7.91. The maximum absolute atomic E-state index is 12.6. The monoisotopic (exact) mass is 396 g/mol. The van der Waals surface area contributed by atoms with Crippen molar-refractivity contribution in [2.75, 3.05) is 17.2 Å². The van der Waals surface area contributed by atoms with Crippen LogP contribution < -0.4 is 4.90 Å². The van der Waals surface area contributed by atoms with Gasteiger partial charge in [-0.1, -0.05) is 36.4 Å². The minimum atomic E-state index is -3.68. The number of aryl methyl sites for hydroxylation is 1. The van der Waals surface area contributed by atoms with Gasteiger partial charge >= 0.3 is 0 Å². The van der Waals surface area contributed by atoms with E-state index >= 15 is 0 Å². The van der Waals surface area contributed by atoms with Gasteiger partial charge in [-0.15, -0.1) is 0 Å². The van der Waals surface area contributed by atoms with E-state index in [0.717, 1.165) is 23.2 Å². The number of fused-ring (bicyclic) bond motifs is 1. The molecule has 0 saturated carbocycles. The number of hydrogen-bond donors (Lipinski definition) is 0. The average molecular weight is 396 g/mol. The predicted octanol–water partition coefficient (Wildman–Crippen LogP) is 3.15. The van der Waals surface area contributed by atoms with Gasteiger partial charge in [-0.05, 0) is 37.1 Å². The fourth-order valence-electron chi connectivity index (χ4n) is 3.39. The molecule has 0 saturated heterocycles. The molecule has 1 amide bonds. The molecule has 0 radical (unpaired) electrons. The van der Waals surface area contributed by atoms with Crippen LogP contribution in [0.5, 0.6) is 0 Å². The molecular formula is C21H20N2O4S. The van der Waals surface area contributed by atoms with Crippen molar-refractivity contribution in [2.24, 2.45) is 0 Å². The second-order valence-electron chi connectivity index (χ2n) is 6.84. The Morgan fingerprint density at radius 1 is 1.11 bits per heavy atom. The van der Waals surface area contributed by atoms with E-state index in [1.54, 1.807) is 11.8 Å². The summed E-state index contributed by atoms with van der Waals surface area (Å²) in [6, 6.07) is 16.9. The molecule has 0 N–H and O–H groups in total. The summed E-state index contributed by atoms with van der Waals surface area (Å²) in [5.74, 6) is -0.455. The molecule has 28 heavy (non-hydrogen) atoms. The first-order valence-corrected chi connectivity index (χ1v) is 10.9. The Balaban J connectivity index is 1.49. The Hall–Kier alpha value is -2.93. The van der Waals surface area contributed by atoms with Gasteiger partial charge in [-0.25, -0.2) is 13.4 Å². The number of amides is 1. The maximum Gasteiger partial charge on any atom is 0.242 e. The van der Waals surface area contributed by atoms with Crippen LogP contribution in [0.1, 0.15) is 17.0 Å². The van der Waals surface area contributed by atoms with Crippen molar-refractivity contribution in [1.82, 2.24) is 4.98 Å². The number of nitrogens with zero attached hydrogens (tertiary/aromatic N) is 2. The normalized spacial score (nSPS) is 13.5. The Bertz CT molecular complexity index is 1120. The summed E-state index contributed by atoms with van der Waals surface area (Å²) in [6.45, 7) is 2.19.